The van der Waals surface area contributed by atoms with Crippen molar-refractivity contribution >= 4 is 11.9 Å². The van der Waals surface area contributed by atoms with Crippen LogP contribution in [0.2, 0.25) is 0 Å². The van der Waals surface area contributed by atoms with Gasteiger partial charge in [-0.3, -0.25) is 14.6 Å². The van der Waals surface area contributed by atoms with Crippen LogP contribution in [0.15, 0.2) is 18.6 Å². The monoisotopic (exact) mass is 249 g/mol. The summed E-state index contributed by atoms with van der Waals surface area (Å²) in [7, 11) is 0. The molecule has 1 amide bonds. The van der Waals surface area contributed by atoms with E-state index in [1.54, 1.807) is 4.90 Å². The minimum Gasteiger partial charge on any atom is -0.481 e. The first-order valence-corrected chi connectivity index (χ1v) is 5.94. The van der Waals surface area contributed by atoms with Crippen LogP contribution in [0.5, 0.6) is 0 Å². The van der Waals surface area contributed by atoms with Gasteiger partial charge in [0.2, 0.25) is 0 Å². The molecule has 1 saturated heterocycles. The van der Waals surface area contributed by atoms with Gasteiger partial charge in [-0.25, -0.2) is 4.98 Å². The molecular weight excluding hydrogens is 234 g/mol. The van der Waals surface area contributed by atoms with Crippen LogP contribution in [-0.4, -0.2) is 44.9 Å². The molecule has 1 aromatic heterocycles. The number of amides is 1. The first-order chi connectivity index (χ1) is 8.66. The number of rotatable bonds is 4. The fourth-order valence-corrected chi connectivity index (χ4v) is 2.15. The third kappa shape index (κ3) is 3.03. The molecule has 2 heterocycles. The van der Waals surface area contributed by atoms with Crippen LogP contribution in [0.1, 0.15) is 29.8 Å². The number of carboxylic acid groups (broad SMARTS) is 1. The lowest BCUT2D eigenvalue weighted by Crippen LogP contribution is -2.29. The van der Waals surface area contributed by atoms with Crippen LogP contribution < -0.4 is 0 Å². The Bertz CT molecular complexity index is 435. The maximum Gasteiger partial charge on any atom is 0.303 e. The molecule has 1 atom stereocenters. The molecule has 0 aromatic carbocycles. The van der Waals surface area contributed by atoms with Crippen molar-refractivity contribution in [3.8, 4) is 0 Å². The minimum atomic E-state index is -0.784. The van der Waals surface area contributed by atoms with E-state index in [1.165, 1.54) is 18.6 Å². The van der Waals surface area contributed by atoms with Gasteiger partial charge in [-0.15, -0.1) is 0 Å². The molecule has 96 valence electrons. The minimum absolute atomic E-state index is 0.124. The number of carbonyl (C=O) groups is 2. The van der Waals surface area contributed by atoms with E-state index in [9.17, 15) is 9.59 Å². The zero-order valence-corrected chi connectivity index (χ0v) is 9.95. The van der Waals surface area contributed by atoms with Crippen molar-refractivity contribution in [2.75, 3.05) is 13.1 Å². The number of likely N-dealkylation sites (tertiary alicyclic amines) is 1. The summed E-state index contributed by atoms with van der Waals surface area (Å²) in [5.41, 5.74) is 0.344. The summed E-state index contributed by atoms with van der Waals surface area (Å²) in [5.74, 6) is -0.628. The summed E-state index contributed by atoms with van der Waals surface area (Å²) in [6, 6.07) is 0. The number of nitrogens with zero attached hydrogens (tertiary/aromatic N) is 3. The number of aromatic nitrogens is 2. The van der Waals surface area contributed by atoms with Crippen molar-refractivity contribution in [2.24, 2.45) is 5.92 Å². The first kappa shape index (κ1) is 12.5. The van der Waals surface area contributed by atoms with Gasteiger partial charge < -0.3 is 10.0 Å². The number of aliphatic carboxylic acids is 1. The Morgan fingerprint density at radius 1 is 1.44 bits per heavy atom. The van der Waals surface area contributed by atoms with Crippen LogP contribution in [0.25, 0.3) is 0 Å². The van der Waals surface area contributed by atoms with Crippen molar-refractivity contribution < 1.29 is 14.7 Å². The van der Waals surface area contributed by atoms with E-state index < -0.39 is 5.97 Å². The third-order valence-electron chi connectivity index (χ3n) is 3.12. The molecule has 6 heteroatoms. The van der Waals surface area contributed by atoms with E-state index in [-0.39, 0.29) is 18.2 Å². The van der Waals surface area contributed by atoms with Crippen molar-refractivity contribution in [1.29, 1.82) is 0 Å². The highest BCUT2D eigenvalue weighted by atomic mass is 16.4. The Labute approximate surface area is 105 Å². The summed E-state index contributed by atoms with van der Waals surface area (Å²) < 4.78 is 0. The summed E-state index contributed by atoms with van der Waals surface area (Å²) >= 11 is 0. The molecule has 18 heavy (non-hydrogen) atoms. The van der Waals surface area contributed by atoms with Gasteiger partial charge in [-0.1, -0.05) is 0 Å². The largest absolute Gasteiger partial charge is 0.481 e. The van der Waals surface area contributed by atoms with Crippen molar-refractivity contribution in [2.45, 2.75) is 19.3 Å². The van der Waals surface area contributed by atoms with Crippen molar-refractivity contribution in [3.63, 3.8) is 0 Å². The number of carboxylic acids is 1. The predicted octanol–water partition coefficient (Wildman–Crippen LogP) is 0.803. The van der Waals surface area contributed by atoms with Gasteiger partial charge in [-0.05, 0) is 18.8 Å². The van der Waals surface area contributed by atoms with Gasteiger partial charge in [0.25, 0.3) is 5.91 Å². The average Bonchev–Trinajstić information content (AvgIpc) is 2.85. The second-order valence-electron chi connectivity index (χ2n) is 4.43. The van der Waals surface area contributed by atoms with Gasteiger partial charge in [0.15, 0.2) is 0 Å². The molecule has 1 aliphatic heterocycles. The number of carbonyl (C=O) groups excluding carboxylic acids is 1. The Kier molecular flexibility index (Phi) is 3.86. The molecule has 1 fully saturated rings. The van der Waals surface area contributed by atoms with Gasteiger partial charge >= 0.3 is 5.97 Å². The quantitative estimate of drug-likeness (QED) is 0.853. The van der Waals surface area contributed by atoms with Crippen molar-refractivity contribution in [1.82, 2.24) is 14.9 Å². The van der Waals surface area contributed by atoms with E-state index >= 15 is 0 Å². The second kappa shape index (κ2) is 5.57. The molecule has 1 unspecified atom stereocenters. The molecule has 0 aliphatic carbocycles. The fourth-order valence-electron chi connectivity index (χ4n) is 2.15. The van der Waals surface area contributed by atoms with Crippen molar-refractivity contribution in [3.05, 3.63) is 24.3 Å². The lowest BCUT2D eigenvalue weighted by atomic mass is 10.0. The van der Waals surface area contributed by atoms with Gasteiger partial charge in [-0.2, -0.15) is 0 Å². The van der Waals surface area contributed by atoms with E-state index in [0.717, 1.165) is 6.42 Å². The standard InChI is InChI=1S/C12H15N3O3/c16-11(17)2-1-9-3-6-15(8-9)12(18)10-7-13-4-5-14-10/h4-5,7,9H,1-3,6,8H2,(H,16,17). The van der Waals surface area contributed by atoms with E-state index in [0.29, 0.717) is 25.2 Å². The molecule has 2 rings (SSSR count). The lowest BCUT2D eigenvalue weighted by Gasteiger charge is -2.15. The third-order valence-corrected chi connectivity index (χ3v) is 3.12. The molecule has 6 nitrogen and oxygen atoms in total. The Morgan fingerprint density at radius 3 is 2.94 bits per heavy atom. The summed E-state index contributed by atoms with van der Waals surface area (Å²) in [6.07, 6.45) is 6.12. The molecule has 1 N–H and O–H groups in total. The summed E-state index contributed by atoms with van der Waals surface area (Å²) in [4.78, 5) is 32.1. The zero-order chi connectivity index (χ0) is 13.0. The molecule has 0 saturated carbocycles. The van der Waals surface area contributed by atoms with E-state index in [2.05, 4.69) is 9.97 Å². The molecule has 0 radical (unpaired) electrons. The van der Waals surface area contributed by atoms with E-state index in [4.69, 9.17) is 5.11 Å². The fraction of sp³-hybridized carbons (Fsp3) is 0.500. The number of hydrogen-bond acceptors (Lipinski definition) is 4. The predicted molar refractivity (Wildman–Crippen MR) is 62.9 cm³/mol. The smallest absolute Gasteiger partial charge is 0.303 e. The highest BCUT2D eigenvalue weighted by Gasteiger charge is 2.27. The second-order valence-corrected chi connectivity index (χ2v) is 4.43. The SMILES string of the molecule is O=C(O)CCC1CCN(C(=O)c2cnccn2)C1. The molecule has 0 spiro atoms. The molecule has 1 aromatic rings. The summed E-state index contributed by atoms with van der Waals surface area (Å²) in [5, 5.41) is 8.63. The first-order valence-electron chi connectivity index (χ1n) is 5.94. The van der Waals surface area contributed by atoms with Gasteiger partial charge in [0.1, 0.15) is 5.69 Å². The highest BCUT2D eigenvalue weighted by molar-refractivity contribution is 5.92. The maximum absolute atomic E-state index is 12.0. The highest BCUT2D eigenvalue weighted by Crippen LogP contribution is 2.22. The van der Waals surface area contributed by atoms with Crippen LogP contribution in [0.3, 0.4) is 0 Å². The van der Waals surface area contributed by atoms with Crippen LogP contribution in [0.4, 0.5) is 0 Å². The van der Waals surface area contributed by atoms with Crippen LogP contribution in [0, 0.1) is 5.92 Å². The van der Waals surface area contributed by atoms with E-state index in [1.807, 2.05) is 0 Å². The lowest BCUT2D eigenvalue weighted by molar-refractivity contribution is -0.137. The molecule has 0 bridgehead atoms. The van der Waals surface area contributed by atoms with Gasteiger partial charge in [0.05, 0.1) is 6.20 Å². The topological polar surface area (TPSA) is 83.4 Å². The van der Waals surface area contributed by atoms with Crippen LogP contribution >= 0.6 is 0 Å². The summed E-state index contributed by atoms with van der Waals surface area (Å²) in [6.45, 7) is 1.28. The zero-order valence-electron chi connectivity index (χ0n) is 9.95. The van der Waals surface area contributed by atoms with Crippen LogP contribution in [-0.2, 0) is 4.79 Å². The Hall–Kier alpha value is -1.98. The molecule has 1 aliphatic rings. The molecular formula is C12H15N3O3. The van der Waals surface area contributed by atoms with Gasteiger partial charge in [0, 0.05) is 31.9 Å². The Morgan fingerprint density at radius 2 is 2.28 bits per heavy atom. The maximum atomic E-state index is 12.0. The normalized spacial score (nSPS) is 18.9. The number of hydrogen-bond donors (Lipinski definition) is 1. The Balaban J connectivity index is 1.89. The average molecular weight is 249 g/mol.